The van der Waals surface area contributed by atoms with Crippen molar-refractivity contribution in [3.8, 4) is 0 Å². The van der Waals surface area contributed by atoms with Gasteiger partial charge in [0.2, 0.25) is 0 Å². The summed E-state index contributed by atoms with van der Waals surface area (Å²) >= 11 is 0. The summed E-state index contributed by atoms with van der Waals surface area (Å²) in [6.07, 6.45) is 4.22. The summed E-state index contributed by atoms with van der Waals surface area (Å²) in [7, 11) is 2.14. The molecule has 0 aliphatic carbocycles. The molecule has 1 atom stereocenters. The number of hydrogen-bond acceptors (Lipinski definition) is 4. The first-order valence-corrected chi connectivity index (χ1v) is 8.13. The molecule has 24 heavy (non-hydrogen) atoms. The number of furan rings is 1. The van der Waals surface area contributed by atoms with Crippen molar-refractivity contribution in [1.82, 2.24) is 5.43 Å². The highest BCUT2D eigenvalue weighted by atomic mass is 16.3. The molecule has 5 nitrogen and oxygen atoms in total. The number of carbonyl (C=O) groups excluding carboxylic acids is 1. The number of anilines is 1. The number of benzene rings is 1. The lowest BCUT2D eigenvalue weighted by atomic mass is 9.80. The molecule has 1 aromatic carbocycles. The number of amides is 1. The first kappa shape index (κ1) is 16.3. The molecule has 0 bridgehead atoms. The highest BCUT2D eigenvalue weighted by molar-refractivity contribution is 5.92. The summed E-state index contributed by atoms with van der Waals surface area (Å²) in [5.41, 5.74) is 6.17. The fourth-order valence-corrected chi connectivity index (χ4v) is 3.30. The molecular weight excluding hydrogens is 302 g/mol. The Hall–Kier alpha value is -2.56. The van der Waals surface area contributed by atoms with Gasteiger partial charge in [0.25, 0.3) is 0 Å². The third-order valence-electron chi connectivity index (χ3n) is 4.78. The predicted octanol–water partition coefficient (Wildman–Crippen LogP) is 3.77. The van der Waals surface area contributed by atoms with Crippen LogP contribution in [0.4, 0.5) is 5.69 Å². The molecule has 0 fully saturated rings. The maximum absolute atomic E-state index is 11.8. The molecule has 1 amide bonds. The summed E-state index contributed by atoms with van der Waals surface area (Å²) in [5.74, 6) is 0.372. The number of carbonyl (C=O) groups is 1. The lowest BCUT2D eigenvalue weighted by Gasteiger charge is -2.45. The molecule has 5 heteroatoms. The maximum Gasteiger partial charge on any atom is 0.307 e. The summed E-state index contributed by atoms with van der Waals surface area (Å²) < 4.78 is 5.03. The Morgan fingerprint density at radius 1 is 1.42 bits per heavy atom. The third-order valence-corrected chi connectivity index (χ3v) is 4.78. The van der Waals surface area contributed by atoms with Gasteiger partial charge in [0.05, 0.1) is 12.5 Å². The van der Waals surface area contributed by atoms with E-state index in [-0.39, 0.29) is 17.2 Å². The molecule has 2 aromatic rings. The summed E-state index contributed by atoms with van der Waals surface area (Å²) in [4.78, 5) is 14.1. The Bertz CT molecular complexity index is 763. The Kier molecular flexibility index (Phi) is 4.18. The molecule has 0 saturated heterocycles. The first-order valence-electron chi connectivity index (χ1n) is 8.13. The molecule has 1 aliphatic heterocycles. The van der Waals surface area contributed by atoms with E-state index in [2.05, 4.69) is 55.4 Å². The quantitative estimate of drug-likeness (QED) is 0.690. The van der Waals surface area contributed by atoms with Crippen molar-refractivity contribution in [2.24, 2.45) is 5.10 Å². The monoisotopic (exact) mass is 325 g/mol. The van der Waals surface area contributed by atoms with Gasteiger partial charge in [-0.25, -0.2) is 5.43 Å². The van der Waals surface area contributed by atoms with E-state index in [1.165, 1.54) is 17.5 Å². The lowest BCUT2D eigenvalue weighted by molar-refractivity contribution is 0.0927. The van der Waals surface area contributed by atoms with Gasteiger partial charge >= 0.3 is 5.91 Å². The second-order valence-corrected chi connectivity index (χ2v) is 6.97. The minimum Gasteiger partial charge on any atom is -0.459 e. The van der Waals surface area contributed by atoms with E-state index in [0.717, 1.165) is 12.0 Å². The highest BCUT2D eigenvalue weighted by Crippen LogP contribution is 2.42. The van der Waals surface area contributed by atoms with E-state index in [9.17, 15) is 4.79 Å². The van der Waals surface area contributed by atoms with Crippen LogP contribution in [0.3, 0.4) is 0 Å². The molecule has 0 saturated carbocycles. The van der Waals surface area contributed by atoms with Gasteiger partial charge in [0.15, 0.2) is 5.76 Å². The van der Waals surface area contributed by atoms with Gasteiger partial charge < -0.3 is 9.32 Å². The summed E-state index contributed by atoms with van der Waals surface area (Å²) in [5, 5.41) is 4.02. The van der Waals surface area contributed by atoms with Crippen molar-refractivity contribution in [2.75, 3.05) is 11.9 Å². The van der Waals surface area contributed by atoms with Gasteiger partial charge in [0, 0.05) is 18.3 Å². The number of hydrazone groups is 1. The second-order valence-electron chi connectivity index (χ2n) is 6.97. The van der Waals surface area contributed by atoms with E-state index in [1.807, 2.05) is 6.07 Å². The van der Waals surface area contributed by atoms with Crippen molar-refractivity contribution in [2.45, 2.75) is 38.6 Å². The van der Waals surface area contributed by atoms with Gasteiger partial charge in [-0.05, 0) is 61.6 Å². The second kappa shape index (κ2) is 6.15. The number of fused-ring (bicyclic) bond motifs is 1. The Morgan fingerprint density at radius 2 is 2.21 bits per heavy atom. The smallest absolute Gasteiger partial charge is 0.307 e. The fraction of sp³-hybridized carbons (Fsp3) is 0.368. The topological polar surface area (TPSA) is 57.8 Å². The average molecular weight is 325 g/mol. The molecule has 126 valence electrons. The van der Waals surface area contributed by atoms with Gasteiger partial charge in [-0.2, -0.15) is 5.10 Å². The average Bonchev–Trinajstić information content (AvgIpc) is 3.07. The standard InChI is InChI=1S/C19H23N3O2/c1-13-11-19(2,3)22(4)16-8-7-14(10-15(13)16)12-20-21-18(23)17-6-5-9-24-17/h5-10,12-13H,11H2,1-4H3,(H,21,23)/b20-12-. The van der Waals surface area contributed by atoms with Crippen LogP contribution in [0.15, 0.2) is 46.1 Å². The van der Waals surface area contributed by atoms with Crippen LogP contribution in [0.2, 0.25) is 0 Å². The molecule has 1 aliphatic rings. The predicted molar refractivity (Wildman–Crippen MR) is 95.7 cm³/mol. The number of nitrogens with zero attached hydrogens (tertiary/aromatic N) is 2. The molecule has 0 spiro atoms. The maximum atomic E-state index is 11.8. The van der Waals surface area contributed by atoms with Crippen LogP contribution in [0, 0.1) is 0 Å². The molecule has 1 unspecified atom stereocenters. The SMILES string of the molecule is CC1CC(C)(C)N(C)c2ccc(/C=N\NC(=O)c3ccco3)cc21. The Balaban J connectivity index is 1.76. The molecule has 2 heterocycles. The van der Waals surface area contributed by atoms with Crippen LogP contribution in [0.25, 0.3) is 0 Å². The number of hydrogen-bond donors (Lipinski definition) is 1. The molecule has 1 aromatic heterocycles. The van der Waals surface area contributed by atoms with Crippen LogP contribution >= 0.6 is 0 Å². The zero-order valence-corrected chi connectivity index (χ0v) is 14.5. The van der Waals surface area contributed by atoms with Gasteiger partial charge in [0.1, 0.15) is 0 Å². The van der Waals surface area contributed by atoms with Crippen molar-refractivity contribution in [3.05, 3.63) is 53.5 Å². The van der Waals surface area contributed by atoms with Crippen molar-refractivity contribution >= 4 is 17.8 Å². The Labute approximate surface area is 142 Å². The van der Waals surface area contributed by atoms with Crippen LogP contribution in [0.1, 0.15) is 54.8 Å². The van der Waals surface area contributed by atoms with Crippen molar-refractivity contribution < 1.29 is 9.21 Å². The van der Waals surface area contributed by atoms with Crippen molar-refractivity contribution in [3.63, 3.8) is 0 Å². The van der Waals surface area contributed by atoms with Crippen LogP contribution in [0.5, 0.6) is 0 Å². The fourth-order valence-electron chi connectivity index (χ4n) is 3.30. The zero-order chi connectivity index (χ0) is 17.3. The largest absolute Gasteiger partial charge is 0.459 e. The van der Waals surface area contributed by atoms with Gasteiger partial charge in [-0.1, -0.05) is 13.0 Å². The van der Waals surface area contributed by atoms with Crippen molar-refractivity contribution in [1.29, 1.82) is 0 Å². The minimum atomic E-state index is -0.357. The zero-order valence-electron chi connectivity index (χ0n) is 14.5. The molecular formula is C19H23N3O2. The molecule has 1 N–H and O–H groups in total. The van der Waals surface area contributed by atoms with Gasteiger partial charge in [-0.3, -0.25) is 4.79 Å². The van der Waals surface area contributed by atoms with E-state index in [0.29, 0.717) is 5.92 Å². The lowest BCUT2D eigenvalue weighted by Crippen LogP contribution is -2.45. The van der Waals surface area contributed by atoms with E-state index < -0.39 is 0 Å². The van der Waals surface area contributed by atoms with Crippen LogP contribution in [-0.2, 0) is 0 Å². The number of rotatable bonds is 3. The molecule has 0 radical (unpaired) electrons. The van der Waals surface area contributed by atoms with E-state index in [1.54, 1.807) is 18.3 Å². The normalized spacial score (nSPS) is 19.3. The Morgan fingerprint density at radius 3 is 2.92 bits per heavy atom. The summed E-state index contributed by atoms with van der Waals surface area (Å²) in [6, 6.07) is 9.56. The highest BCUT2D eigenvalue weighted by Gasteiger charge is 2.33. The van der Waals surface area contributed by atoms with Crippen LogP contribution in [-0.4, -0.2) is 24.7 Å². The molecule has 3 rings (SSSR count). The minimum absolute atomic E-state index is 0.152. The first-order chi connectivity index (χ1) is 11.4. The van der Waals surface area contributed by atoms with Gasteiger partial charge in [-0.15, -0.1) is 0 Å². The third kappa shape index (κ3) is 3.07. The van der Waals surface area contributed by atoms with E-state index in [4.69, 9.17) is 4.42 Å². The number of nitrogens with one attached hydrogen (secondary N) is 1. The van der Waals surface area contributed by atoms with Crippen LogP contribution < -0.4 is 10.3 Å². The van der Waals surface area contributed by atoms with E-state index >= 15 is 0 Å². The summed E-state index contributed by atoms with van der Waals surface area (Å²) in [6.45, 7) is 6.80.